The molecule has 0 atom stereocenters. The Kier molecular flexibility index (Phi) is 4.87. The second kappa shape index (κ2) is 7.36. The van der Waals surface area contributed by atoms with Crippen molar-refractivity contribution in [3.05, 3.63) is 66.2 Å². The van der Waals surface area contributed by atoms with E-state index in [4.69, 9.17) is 0 Å². The van der Waals surface area contributed by atoms with Crippen LogP contribution in [-0.4, -0.2) is 23.1 Å². The van der Waals surface area contributed by atoms with E-state index in [0.29, 0.717) is 26.6 Å². The molecule has 4 aromatic rings. The Morgan fingerprint density at radius 1 is 0.897 bits per heavy atom. The second-order valence-corrected chi connectivity index (χ2v) is 8.70. The predicted molar refractivity (Wildman–Crippen MR) is 112 cm³/mol. The Morgan fingerprint density at radius 2 is 1.48 bits per heavy atom. The third-order valence-electron chi connectivity index (χ3n) is 4.21. The maximum absolute atomic E-state index is 11.7. The molecule has 3 aromatic carbocycles. The van der Waals surface area contributed by atoms with Crippen molar-refractivity contribution in [3.63, 3.8) is 0 Å². The molecular formula is C20H15N3O4S2. The zero-order valence-electron chi connectivity index (χ0n) is 15.1. The normalized spacial score (nSPS) is 12.1. The molecule has 0 spiro atoms. The van der Waals surface area contributed by atoms with Crippen LogP contribution in [0.5, 0.6) is 5.75 Å². The van der Waals surface area contributed by atoms with Crippen LogP contribution in [0.15, 0.2) is 75.8 Å². The summed E-state index contributed by atoms with van der Waals surface area (Å²) >= 11 is 1.34. The fourth-order valence-electron chi connectivity index (χ4n) is 2.83. The van der Waals surface area contributed by atoms with Gasteiger partial charge in [0, 0.05) is 5.56 Å². The molecule has 0 radical (unpaired) electrons. The van der Waals surface area contributed by atoms with Gasteiger partial charge < -0.3 is 5.11 Å². The van der Waals surface area contributed by atoms with Gasteiger partial charge in [-0.3, -0.25) is 4.55 Å². The topological polar surface area (TPSA) is 112 Å². The van der Waals surface area contributed by atoms with Crippen molar-refractivity contribution in [2.24, 2.45) is 10.2 Å². The summed E-state index contributed by atoms with van der Waals surface area (Å²) in [7, 11) is -4.37. The van der Waals surface area contributed by atoms with Gasteiger partial charge >= 0.3 is 0 Å². The number of phenolic OH excluding ortho intramolecular Hbond substituents is 1. The van der Waals surface area contributed by atoms with Gasteiger partial charge in [0.15, 0.2) is 0 Å². The fourth-order valence-corrected chi connectivity index (χ4v) is 4.74. The summed E-state index contributed by atoms with van der Waals surface area (Å²) in [5, 5.41) is 18.2. The Hall–Kier alpha value is -3.14. The molecule has 7 nitrogen and oxygen atoms in total. The summed E-state index contributed by atoms with van der Waals surface area (Å²) < 4.78 is 33.7. The molecule has 0 unspecified atom stereocenters. The molecule has 0 saturated carbocycles. The summed E-state index contributed by atoms with van der Waals surface area (Å²) in [5.74, 6) is 0.163. The molecule has 4 rings (SSSR count). The van der Waals surface area contributed by atoms with Crippen molar-refractivity contribution >= 4 is 43.0 Å². The Labute approximate surface area is 170 Å². The van der Waals surface area contributed by atoms with Crippen LogP contribution >= 0.6 is 11.3 Å². The molecule has 0 saturated heterocycles. The molecular weight excluding hydrogens is 410 g/mol. The monoisotopic (exact) mass is 425 g/mol. The molecule has 0 fully saturated rings. The number of aromatic nitrogens is 1. The minimum absolute atomic E-state index is 0.156. The Morgan fingerprint density at radius 3 is 2.07 bits per heavy atom. The van der Waals surface area contributed by atoms with Gasteiger partial charge in [0.2, 0.25) is 0 Å². The summed E-state index contributed by atoms with van der Waals surface area (Å²) in [6.45, 7) is 1.62. The zero-order chi connectivity index (χ0) is 20.6. The maximum Gasteiger partial charge on any atom is 0.296 e. The van der Waals surface area contributed by atoms with Crippen LogP contribution in [0.1, 0.15) is 5.56 Å². The van der Waals surface area contributed by atoms with Gasteiger partial charge in [-0.25, -0.2) is 4.98 Å². The first kappa shape index (κ1) is 19.2. The van der Waals surface area contributed by atoms with E-state index in [0.717, 1.165) is 5.56 Å². The number of aryl methyl sites for hydroxylation is 1. The highest BCUT2D eigenvalue weighted by Crippen LogP contribution is 2.35. The van der Waals surface area contributed by atoms with Crippen molar-refractivity contribution in [3.8, 4) is 16.3 Å². The van der Waals surface area contributed by atoms with E-state index in [-0.39, 0.29) is 16.2 Å². The number of thiazole rings is 1. The number of aromatic hydroxyl groups is 1. The first-order chi connectivity index (χ1) is 13.8. The summed E-state index contributed by atoms with van der Waals surface area (Å²) in [5.41, 5.74) is 2.77. The lowest BCUT2D eigenvalue weighted by atomic mass is 10.2. The minimum Gasteiger partial charge on any atom is -0.508 e. The number of benzene rings is 3. The van der Waals surface area contributed by atoms with Crippen LogP contribution in [0.4, 0.5) is 11.4 Å². The van der Waals surface area contributed by atoms with Crippen molar-refractivity contribution in [2.75, 3.05) is 0 Å². The van der Waals surface area contributed by atoms with Crippen LogP contribution in [0.3, 0.4) is 0 Å². The van der Waals surface area contributed by atoms with Crippen LogP contribution in [-0.2, 0) is 10.1 Å². The predicted octanol–water partition coefficient (Wildman–Crippen LogP) is 5.64. The summed E-state index contributed by atoms with van der Waals surface area (Å²) in [6.07, 6.45) is 0. The number of azo groups is 1. The van der Waals surface area contributed by atoms with Crippen LogP contribution in [0.2, 0.25) is 0 Å². The average molecular weight is 425 g/mol. The molecule has 1 heterocycles. The Bertz CT molecular complexity index is 1330. The lowest BCUT2D eigenvalue weighted by Gasteiger charge is -2.02. The van der Waals surface area contributed by atoms with E-state index in [1.807, 2.05) is 12.1 Å². The number of hydrogen-bond acceptors (Lipinski definition) is 7. The van der Waals surface area contributed by atoms with Crippen molar-refractivity contribution in [1.82, 2.24) is 4.98 Å². The molecule has 0 bridgehead atoms. The number of phenols is 1. The smallest absolute Gasteiger partial charge is 0.296 e. The average Bonchev–Trinajstić information content (AvgIpc) is 3.10. The van der Waals surface area contributed by atoms with Gasteiger partial charge in [-0.1, -0.05) is 6.07 Å². The van der Waals surface area contributed by atoms with Gasteiger partial charge in [-0.15, -0.1) is 11.3 Å². The minimum atomic E-state index is -4.37. The van der Waals surface area contributed by atoms with Crippen LogP contribution in [0.25, 0.3) is 20.8 Å². The quantitative estimate of drug-likeness (QED) is 0.325. The largest absolute Gasteiger partial charge is 0.508 e. The van der Waals surface area contributed by atoms with Gasteiger partial charge in [0.1, 0.15) is 21.2 Å². The highest BCUT2D eigenvalue weighted by atomic mass is 32.2. The SMILES string of the molecule is Cc1ccc2sc(-c3ccc(N=Nc4ccc(O)cc4)cc3)nc2c1S(=O)(=O)O. The lowest BCUT2D eigenvalue weighted by Crippen LogP contribution is -2.01. The molecule has 0 amide bonds. The molecule has 2 N–H and O–H groups in total. The maximum atomic E-state index is 11.7. The molecule has 0 aliphatic carbocycles. The van der Waals surface area contributed by atoms with Gasteiger partial charge in [0.25, 0.3) is 10.1 Å². The van der Waals surface area contributed by atoms with Crippen molar-refractivity contribution in [2.45, 2.75) is 11.8 Å². The standard InChI is InChI=1S/C20H15N3O4S2/c1-12-2-11-17-18(19(12)29(25,26)27)21-20(28-17)13-3-5-14(6-4-13)22-23-15-7-9-16(24)10-8-15/h2-11,24H,1H3,(H,25,26,27). The third kappa shape index (κ3) is 4.02. The van der Waals surface area contributed by atoms with Gasteiger partial charge in [-0.05, 0) is 67.1 Å². The first-order valence-electron chi connectivity index (χ1n) is 8.50. The van der Waals surface area contributed by atoms with Gasteiger partial charge in [-0.2, -0.15) is 18.6 Å². The van der Waals surface area contributed by atoms with E-state index in [9.17, 15) is 18.1 Å². The molecule has 0 aliphatic rings. The highest BCUT2D eigenvalue weighted by Gasteiger charge is 2.20. The highest BCUT2D eigenvalue weighted by molar-refractivity contribution is 7.86. The third-order valence-corrected chi connectivity index (χ3v) is 6.32. The van der Waals surface area contributed by atoms with E-state index < -0.39 is 10.1 Å². The van der Waals surface area contributed by atoms with Crippen molar-refractivity contribution in [1.29, 1.82) is 0 Å². The van der Waals surface area contributed by atoms with E-state index in [1.165, 1.54) is 23.5 Å². The second-order valence-electron chi connectivity index (χ2n) is 6.32. The van der Waals surface area contributed by atoms with E-state index >= 15 is 0 Å². The van der Waals surface area contributed by atoms with Crippen LogP contribution < -0.4 is 0 Å². The van der Waals surface area contributed by atoms with Gasteiger partial charge in [0.05, 0.1) is 16.1 Å². The summed E-state index contributed by atoms with van der Waals surface area (Å²) in [4.78, 5) is 4.29. The number of rotatable bonds is 4. The van der Waals surface area contributed by atoms with E-state index in [2.05, 4.69) is 15.2 Å². The molecule has 9 heteroatoms. The number of hydrogen-bond donors (Lipinski definition) is 2. The zero-order valence-corrected chi connectivity index (χ0v) is 16.8. The molecule has 146 valence electrons. The lowest BCUT2D eigenvalue weighted by molar-refractivity contribution is 0.475. The Balaban J connectivity index is 1.65. The van der Waals surface area contributed by atoms with E-state index in [1.54, 1.807) is 43.3 Å². The number of nitrogens with zero attached hydrogens (tertiary/aromatic N) is 3. The molecule has 0 aliphatic heterocycles. The van der Waals surface area contributed by atoms with Crippen LogP contribution in [0, 0.1) is 6.92 Å². The fraction of sp³-hybridized carbons (Fsp3) is 0.0500. The van der Waals surface area contributed by atoms with Crippen molar-refractivity contribution < 1.29 is 18.1 Å². The molecule has 29 heavy (non-hydrogen) atoms. The first-order valence-corrected chi connectivity index (χ1v) is 10.8. The summed E-state index contributed by atoms with van der Waals surface area (Å²) in [6, 6.07) is 17.0. The molecule has 1 aromatic heterocycles. The number of fused-ring (bicyclic) bond motifs is 1.